The number of hydrogen-bond acceptors (Lipinski definition) is 2. The van der Waals surface area contributed by atoms with Crippen LogP contribution in [0, 0.1) is 6.92 Å². The van der Waals surface area contributed by atoms with Gasteiger partial charge in [0.05, 0.1) is 11.3 Å². The van der Waals surface area contributed by atoms with Gasteiger partial charge in [-0.3, -0.25) is 4.79 Å². The summed E-state index contributed by atoms with van der Waals surface area (Å²) in [7, 11) is 0. The van der Waals surface area contributed by atoms with Crippen molar-refractivity contribution >= 4 is 17.5 Å². The van der Waals surface area contributed by atoms with Crippen LogP contribution in [0.3, 0.4) is 0 Å². The summed E-state index contributed by atoms with van der Waals surface area (Å²) in [5.74, 6) is 0.0170. The number of thioether (sulfide) groups is 1. The highest BCUT2D eigenvalue weighted by Crippen LogP contribution is 2.29. The van der Waals surface area contributed by atoms with Gasteiger partial charge >= 0.3 is 6.18 Å². The van der Waals surface area contributed by atoms with Crippen LogP contribution in [-0.4, -0.2) is 11.5 Å². The molecule has 0 heterocycles. The molecular weight excluding hydrogens is 297 g/mol. The molecule has 0 unspecified atom stereocenters. The second kappa shape index (κ2) is 6.35. The van der Waals surface area contributed by atoms with E-state index in [1.54, 1.807) is 0 Å². The van der Waals surface area contributed by atoms with Crippen LogP contribution >= 0.6 is 11.8 Å². The first kappa shape index (κ1) is 15.6. The van der Waals surface area contributed by atoms with Gasteiger partial charge in [-0.2, -0.15) is 13.2 Å². The summed E-state index contributed by atoms with van der Waals surface area (Å²) in [6.45, 7) is 1.97. The molecule has 110 valence electrons. The van der Waals surface area contributed by atoms with Crippen LogP contribution in [0.25, 0.3) is 0 Å². The molecule has 0 saturated carbocycles. The van der Waals surface area contributed by atoms with Crippen molar-refractivity contribution in [1.29, 1.82) is 0 Å². The molecular formula is C16H13F3OS. The van der Waals surface area contributed by atoms with Gasteiger partial charge in [-0.25, -0.2) is 0 Å². The fraction of sp³-hybridized carbons (Fsp3) is 0.188. The summed E-state index contributed by atoms with van der Waals surface area (Å²) in [4.78, 5) is 12.9. The van der Waals surface area contributed by atoms with E-state index in [1.807, 2.05) is 31.2 Å². The van der Waals surface area contributed by atoms with E-state index in [9.17, 15) is 18.0 Å². The third-order valence-corrected chi connectivity index (χ3v) is 3.94. The Balaban J connectivity index is 1.99. The maximum absolute atomic E-state index is 12.4. The minimum absolute atomic E-state index is 0.186. The second-order valence-electron chi connectivity index (χ2n) is 4.60. The average molecular weight is 310 g/mol. The van der Waals surface area contributed by atoms with Gasteiger partial charge in [0.25, 0.3) is 0 Å². The SMILES string of the molecule is Cc1ccc(SCC(=O)c2ccc(C(F)(F)F)cc2)cc1. The van der Waals surface area contributed by atoms with Crippen LogP contribution in [0.4, 0.5) is 13.2 Å². The van der Waals surface area contributed by atoms with Crippen molar-refractivity contribution in [3.8, 4) is 0 Å². The minimum atomic E-state index is -4.38. The van der Waals surface area contributed by atoms with Crippen molar-refractivity contribution < 1.29 is 18.0 Å². The third kappa shape index (κ3) is 4.36. The summed E-state index contributed by atoms with van der Waals surface area (Å²) >= 11 is 1.37. The van der Waals surface area contributed by atoms with Crippen molar-refractivity contribution in [2.24, 2.45) is 0 Å². The molecule has 0 radical (unpaired) electrons. The predicted octanol–water partition coefficient (Wildman–Crippen LogP) is 4.99. The lowest BCUT2D eigenvalue weighted by Crippen LogP contribution is -2.07. The number of carbonyl (C=O) groups is 1. The Bertz CT molecular complexity index is 615. The largest absolute Gasteiger partial charge is 0.416 e. The first-order valence-electron chi connectivity index (χ1n) is 6.26. The standard InChI is InChI=1S/C16H13F3OS/c1-11-2-8-14(9-3-11)21-10-15(20)12-4-6-13(7-5-12)16(17,18)19/h2-9H,10H2,1H3. The fourth-order valence-electron chi connectivity index (χ4n) is 1.71. The minimum Gasteiger partial charge on any atom is -0.293 e. The summed E-state index contributed by atoms with van der Waals surface area (Å²) in [5, 5.41) is 0. The van der Waals surface area contributed by atoms with Gasteiger partial charge < -0.3 is 0 Å². The van der Waals surface area contributed by atoms with Crippen LogP contribution in [-0.2, 0) is 6.18 Å². The third-order valence-electron chi connectivity index (χ3n) is 2.93. The Labute approximate surface area is 125 Å². The van der Waals surface area contributed by atoms with E-state index in [-0.39, 0.29) is 11.5 Å². The fourth-order valence-corrected chi connectivity index (χ4v) is 2.50. The zero-order valence-corrected chi connectivity index (χ0v) is 12.1. The van der Waals surface area contributed by atoms with Gasteiger partial charge in [-0.05, 0) is 31.2 Å². The number of hydrogen-bond donors (Lipinski definition) is 0. The molecule has 0 bridgehead atoms. The highest BCUT2D eigenvalue weighted by molar-refractivity contribution is 8.00. The van der Waals surface area contributed by atoms with E-state index in [1.165, 1.54) is 23.9 Å². The van der Waals surface area contributed by atoms with E-state index in [0.29, 0.717) is 5.56 Å². The predicted molar refractivity (Wildman–Crippen MR) is 77.7 cm³/mol. The molecule has 0 fully saturated rings. The Hall–Kier alpha value is -1.75. The lowest BCUT2D eigenvalue weighted by molar-refractivity contribution is -0.137. The van der Waals surface area contributed by atoms with E-state index in [4.69, 9.17) is 0 Å². The van der Waals surface area contributed by atoms with Crippen LogP contribution in [0.15, 0.2) is 53.4 Å². The number of alkyl halides is 3. The summed E-state index contributed by atoms with van der Waals surface area (Å²) in [5.41, 5.74) is 0.682. The smallest absolute Gasteiger partial charge is 0.293 e. The van der Waals surface area contributed by atoms with E-state index in [0.717, 1.165) is 22.6 Å². The maximum Gasteiger partial charge on any atom is 0.416 e. The molecule has 0 atom stereocenters. The molecule has 2 aromatic rings. The van der Waals surface area contributed by atoms with Crippen LogP contribution in [0.1, 0.15) is 21.5 Å². The van der Waals surface area contributed by atoms with Gasteiger partial charge in [0.15, 0.2) is 5.78 Å². The molecule has 0 spiro atoms. The zero-order chi connectivity index (χ0) is 15.5. The molecule has 0 aliphatic heterocycles. The number of halogens is 3. The van der Waals surface area contributed by atoms with Crippen molar-refractivity contribution in [1.82, 2.24) is 0 Å². The van der Waals surface area contributed by atoms with E-state index in [2.05, 4.69) is 0 Å². The summed E-state index contributed by atoms with van der Waals surface area (Å²) in [6.07, 6.45) is -4.38. The van der Waals surface area contributed by atoms with Crippen molar-refractivity contribution in [2.45, 2.75) is 18.0 Å². The number of rotatable bonds is 4. The van der Waals surface area contributed by atoms with Gasteiger partial charge in [0, 0.05) is 10.5 Å². The molecule has 2 rings (SSSR count). The Kier molecular flexibility index (Phi) is 4.73. The normalized spacial score (nSPS) is 11.4. The van der Waals surface area contributed by atoms with Gasteiger partial charge in [0.2, 0.25) is 0 Å². The van der Waals surface area contributed by atoms with Crippen LogP contribution in [0.5, 0.6) is 0 Å². The molecule has 0 saturated heterocycles. The quantitative estimate of drug-likeness (QED) is 0.584. The van der Waals surface area contributed by atoms with Gasteiger partial charge in [0.1, 0.15) is 0 Å². The number of Topliss-reactive ketones (excluding diaryl/α,β-unsaturated/α-hetero) is 1. The first-order valence-corrected chi connectivity index (χ1v) is 7.25. The highest BCUT2D eigenvalue weighted by atomic mass is 32.2. The van der Waals surface area contributed by atoms with Gasteiger partial charge in [-0.15, -0.1) is 11.8 Å². The van der Waals surface area contributed by atoms with Crippen LogP contribution < -0.4 is 0 Å². The molecule has 5 heteroatoms. The first-order chi connectivity index (χ1) is 9.86. The lowest BCUT2D eigenvalue weighted by atomic mass is 10.1. The molecule has 21 heavy (non-hydrogen) atoms. The highest BCUT2D eigenvalue weighted by Gasteiger charge is 2.30. The summed E-state index contributed by atoms with van der Waals surface area (Å²) in [6, 6.07) is 12.0. The zero-order valence-electron chi connectivity index (χ0n) is 11.3. The topological polar surface area (TPSA) is 17.1 Å². The second-order valence-corrected chi connectivity index (χ2v) is 5.65. The monoisotopic (exact) mass is 310 g/mol. The van der Waals surface area contributed by atoms with E-state index >= 15 is 0 Å². The average Bonchev–Trinajstić information content (AvgIpc) is 2.45. The van der Waals surface area contributed by atoms with Crippen molar-refractivity contribution in [2.75, 3.05) is 5.75 Å². The maximum atomic E-state index is 12.4. The Morgan fingerprint density at radius 1 is 1.00 bits per heavy atom. The lowest BCUT2D eigenvalue weighted by Gasteiger charge is -2.07. The summed E-state index contributed by atoms with van der Waals surface area (Å²) < 4.78 is 37.3. The Morgan fingerprint density at radius 3 is 2.10 bits per heavy atom. The molecule has 0 amide bonds. The number of ketones is 1. The van der Waals surface area contributed by atoms with E-state index < -0.39 is 11.7 Å². The number of benzene rings is 2. The molecule has 0 aromatic heterocycles. The molecule has 0 aliphatic carbocycles. The molecule has 0 N–H and O–H groups in total. The number of aryl methyl sites for hydroxylation is 1. The van der Waals surface area contributed by atoms with Crippen molar-refractivity contribution in [3.05, 3.63) is 65.2 Å². The molecule has 2 aromatic carbocycles. The Morgan fingerprint density at radius 2 is 1.57 bits per heavy atom. The van der Waals surface area contributed by atoms with Crippen LogP contribution in [0.2, 0.25) is 0 Å². The van der Waals surface area contributed by atoms with Crippen molar-refractivity contribution in [3.63, 3.8) is 0 Å². The molecule has 0 aliphatic rings. The number of carbonyl (C=O) groups excluding carboxylic acids is 1. The molecule has 1 nitrogen and oxygen atoms in total. The van der Waals surface area contributed by atoms with Gasteiger partial charge in [-0.1, -0.05) is 29.8 Å².